The molecule has 0 heterocycles. The van der Waals surface area contributed by atoms with Crippen LogP contribution in [-0.2, 0) is 4.79 Å². The second-order valence-electron chi connectivity index (χ2n) is 5.59. The summed E-state index contributed by atoms with van der Waals surface area (Å²) in [6.07, 6.45) is 1.60. The molecule has 5 heteroatoms. The molecule has 0 aliphatic carbocycles. The van der Waals surface area contributed by atoms with Crippen LogP contribution in [0.1, 0.15) is 11.1 Å². The van der Waals surface area contributed by atoms with Crippen LogP contribution in [0.5, 0.6) is 5.75 Å². The largest absolute Gasteiger partial charge is 0.483 e. The Morgan fingerprint density at radius 2 is 1.88 bits per heavy atom. The van der Waals surface area contributed by atoms with Crippen molar-refractivity contribution in [3.63, 3.8) is 0 Å². The summed E-state index contributed by atoms with van der Waals surface area (Å²) >= 11 is 3.53. The van der Waals surface area contributed by atoms with Crippen molar-refractivity contribution in [2.75, 3.05) is 6.61 Å². The van der Waals surface area contributed by atoms with Crippen LogP contribution in [0.4, 0.5) is 0 Å². The highest BCUT2D eigenvalue weighted by Crippen LogP contribution is 2.32. The van der Waals surface area contributed by atoms with Crippen LogP contribution < -0.4 is 10.2 Å². The maximum atomic E-state index is 11.9. The van der Waals surface area contributed by atoms with E-state index in [0.717, 1.165) is 20.8 Å². The number of hydrogen-bond acceptors (Lipinski definition) is 3. The lowest BCUT2D eigenvalue weighted by Gasteiger charge is -2.09. The van der Waals surface area contributed by atoms with Gasteiger partial charge >= 0.3 is 0 Å². The monoisotopic (exact) mass is 396 g/mol. The number of nitrogens with one attached hydrogen (secondary N) is 1. The molecule has 0 unspecified atom stereocenters. The fourth-order valence-electron chi connectivity index (χ4n) is 2.33. The fraction of sp³-hybridized carbons (Fsp3) is 0.100. The molecule has 3 aromatic carbocycles. The molecule has 0 aromatic heterocycles. The number of fused-ring (bicyclic) bond motifs is 1. The van der Waals surface area contributed by atoms with Crippen LogP contribution >= 0.6 is 15.9 Å². The van der Waals surface area contributed by atoms with Gasteiger partial charge in [0.25, 0.3) is 5.91 Å². The van der Waals surface area contributed by atoms with Gasteiger partial charge in [-0.25, -0.2) is 5.43 Å². The van der Waals surface area contributed by atoms with Crippen molar-refractivity contribution in [1.82, 2.24) is 5.43 Å². The molecule has 0 atom stereocenters. The number of ether oxygens (including phenoxy) is 1. The summed E-state index contributed by atoms with van der Waals surface area (Å²) in [4.78, 5) is 11.9. The number of amides is 1. The molecule has 25 heavy (non-hydrogen) atoms. The highest BCUT2D eigenvalue weighted by molar-refractivity contribution is 9.10. The van der Waals surface area contributed by atoms with Gasteiger partial charge < -0.3 is 4.74 Å². The summed E-state index contributed by atoms with van der Waals surface area (Å²) < 4.78 is 6.43. The molecule has 0 aliphatic heterocycles. The van der Waals surface area contributed by atoms with E-state index in [2.05, 4.69) is 26.5 Å². The minimum absolute atomic E-state index is 0.109. The second kappa shape index (κ2) is 7.94. The number of carbonyl (C=O) groups excluding carboxylic acids is 1. The molecule has 3 aromatic rings. The topological polar surface area (TPSA) is 50.7 Å². The smallest absolute Gasteiger partial charge is 0.277 e. The first-order chi connectivity index (χ1) is 12.1. The molecule has 126 valence electrons. The summed E-state index contributed by atoms with van der Waals surface area (Å²) in [6.45, 7) is 1.91. The van der Waals surface area contributed by atoms with Gasteiger partial charge in [0.2, 0.25) is 0 Å². The number of aryl methyl sites for hydroxylation is 1. The summed E-state index contributed by atoms with van der Waals surface area (Å²) in [5.41, 5.74) is 4.56. The standard InChI is InChI=1S/C20H17BrN2O2/c1-14-6-8-15(9-7-14)12-22-23-19(24)13-25-18-11-10-16-4-2-3-5-17(16)20(18)21/h2-12H,13H2,1H3,(H,23,24). The average Bonchev–Trinajstić information content (AvgIpc) is 2.63. The lowest BCUT2D eigenvalue weighted by molar-refractivity contribution is -0.123. The van der Waals surface area contributed by atoms with Gasteiger partial charge in [0.15, 0.2) is 6.61 Å². The third-order valence-corrected chi connectivity index (χ3v) is 4.48. The Labute approximate surface area is 154 Å². The highest BCUT2D eigenvalue weighted by Gasteiger charge is 2.08. The number of carbonyl (C=O) groups is 1. The second-order valence-corrected chi connectivity index (χ2v) is 6.38. The third kappa shape index (κ3) is 4.45. The van der Waals surface area contributed by atoms with E-state index in [1.165, 1.54) is 5.56 Å². The van der Waals surface area contributed by atoms with E-state index in [-0.39, 0.29) is 12.5 Å². The highest BCUT2D eigenvalue weighted by atomic mass is 79.9. The lowest BCUT2D eigenvalue weighted by atomic mass is 10.1. The minimum Gasteiger partial charge on any atom is -0.483 e. The van der Waals surface area contributed by atoms with E-state index >= 15 is 0 Å². The molecular weight excluding hydrogens is 380 g/mol. The Hall–Kier alpha value is -2.66. The Morgan fingerprint density at radius 1 is 1.12 bits per heavy atom. The molecule has 0 saturated heterocycles. The molecule has 0 saturated carbocycles. The maximum absolute atomic E-state index is 11.9. The van der Waals surface area contributed by atoms with Gasteiger partial charge in [-0.1, -0.05) is 60.2 Å². The number of halogens is 1. The summed E-state index contributed by atoms with van der Waals surface area (Å²) in [5, 5.41) is 6.08. The molecule has 0 spiro atoms. The van der Waals surface area contributed by atoms with Crippen LogP contribution in [0, 0.1) is 6.92 Å². The molecule has 0 radical (unpaired) electrons. The van der Waals surface area contributed by atoms with Gasteiger partial charge in [-0.05, 0) is 45.3 Å². The molecule has 1 amide bonds. The van der Waals surface area contributed by atoms with Crippen LogP contribution in [0.25, 0.3) is 10.8 Å². The van der Waals surface area contributed by atoms with Gasteiger partial charge in [-0.2, -0.15) is 5.10 Å². The minimum atomic E-state index is -0.316. The zero-order chi connectivity index (χ0) is 17.6. The maximum Gasteiger partial charge on any atom is 0.277 e. The van der Waals surface area contributed by atoms with Gasteiger partial charge in [-0.15, -0.1) is 0 Å². The van der Waals surface area contributed by atoms with Crippen LogP contribution in [0.15, 0.2) is 70.2 Å². The number of rotatable bonds is 5. The van der Waals surface area contributed by atoms with E-state index < -0.39 is 0 Å². The van der Waals surface area contributed by atoms with Crippen molar-refractivity contribution >= 4 is 38.8 Å². The first kappa shape index (κ1) is 17.2. The molecule has 3 rings (SSSR count). The molecular formula is C20H17BrN2O2. The molecule has 0 fully saturated rings. The van der Waals surface area contributed by atoms with E-state index in [1.807, 2.05) is 67.6 Å². The van der Waals surface area contributed by atoms with Crippen LogP contribution in [0.3, 0.4) is 0 Å². The first-order valence-corrected chi connectivity index (χ1v) is 8.61. The summed E-state index contributed by atoms with van der Waals surface area (Å²) in [5.74, 6) is 0.305. The van der Waals surface area contributed by atoms with Gasteiger partial charge in [0.1, 0.15) is 5.75 Å². The Balaban J connectivity index is 1.57. The Morgan fingerprint density at radius 3 is 2.68 bits per heavy atom. The fourth-order valence-corrected chi connectivity index (χ4v) is 2.94. The van der Waals surface area contributed by atoms with Gasteiger partial charge in [0, 0.05) is 0 Å². The zero-order valence-electron chi connectivity index (χ0n) is 13.7. The van der Waals surface area contributed by atoms with E-state index in [9.17, 15) is 4.79 Å². The number of nitrogens with zero attached hydrogens (tertiary/aromatic N) is 1. The number of hydrogen-bond donors (Lipinski definition) is 1. The van der Waals surface area contributed by atoms with Crippen LogP contribution in [-0.4, -0.2) is 18.7 Å². The van der Waals surface area contributed by atoms with Crippen molar-refractivity contribution < 1.29 is 9.53 Å². The Bertz CT molecular complexity index is 921. The molecule has 1 N–H and O–H groups in total. The van der Waals surface area contributed by atoms with Crippen molar-refractivity contribution in [3.8, 4) is 5.75 Å². The molecule has 0 bridgehead atoms. The van der Waals surface area contributed by atoms with Gasteiger partial charge in [-0.3, -0.25) is 4.79 Å². The molecule has 0 aliphatic rings. The predicted molar refractivity (Wildman–Crippen MR) is 104 cm³/mol. The van der Waals surface area contributed by atoms with E-state index in [4.69, 9.17) is 4.74 Å². The van der Waals surface area contributed by atoms with Crippen molar-refractivity contribution in [2.24, 2.45) is 5.10 Å². The Kier molecular flexibility index (Phi) is 5.46. The van der Waals surface area contributed by atoms with Crippen LogP contribution in [0.2, 0.25) is 0 Å². The van der Waals surface area contributed by atoms with Gasteiger partial charge in [0.05, 0.1) is 10.7 Å². The summed E-state index contributed by atoms with van der Waals surface area (Å²) in [7, 11) is 0. The average molecular weight is 397 g/mol. The first-order valence-electron chi connectivity index (χ1n) is 7.82. The summed E-state index contributed by atoms with van der Waals surface area (Å²) in [6, 6.07) is 19.6. The predicted octanol–water partition coefficient (Wildman–Crippen LogP) is 4.44. The van der Waals surface area contributed by atoms with Crippen molar-refractivity contribution in [2.45, 2.75) is 6.92 Å². The lowest BCUT2D eigenvalue weighted by Crippen LogP contribution is -2.24. The van der Waals surface area contributed by atoms with Crippen molar-refractivity contribution in [1.29, 1.82) is 0 Å². The quantitative estimate of drug-likeness (QED) is 0.511. The third-order valence-electron chi connectivity index (χ3n) is 3.67. The van der Waals surface area contributed by atoms with E-state index in [1.54, 1.807) is 6.21 Å². The normalized spacial score (nSPS) is 11.0. The molecule has 4 nitrogen and oxygen atoms in total. The number of benzene rings is 3. The van der Waals surface area contributed by atoms with Crippen molar-refractivity contribution in [3.05, 3.63) is 76.3 Å². The SMILES string of the molecule is Cc1ccc(C=NNC(=O)COc2ccc3ccccc3c2Br)cc1. The number of hydrazone groups is 1. The zero-order valence-corrected chi connectivity index (χ0v) is 15.3. The van der Waals surface area contributed by atoms with E-state index in [0.29, 0.717) is 5.75 Å².